The van der Waals surface area contributed by atoms with Crippen LogP contribution in [-0.4, -0.2) is 48.4 Å². The molecule has 8 nitrogen and oxygen atoms in total. The number of rotatable bonds is 8. The predicted octanol–water partition coefficient (Wildman–Crippen LogP) is 0.976. The van der Waals surface area contributed by atoms with E-state index in [0.29, 0.717) is 0 Å². The molecule has 0 aliphatic rings. The highest BCUT2D eigenvalue weighted by molar-refractivity contribution is 5.90. The van der Waals surface area contributed by atoms with Crippen molar-refractivity contribution >= 4 is 18.0 Å². The predicted molar refractivity (Wildman–Crippen MR) is 94.0 cm³/mol. The number of ether oxygens (including phenoxy) is 2. The summed E-state index contributed by atoms with van der Waals surface area (Å²) in [5.74, 6) is -1.55. The van der Waals surface area contributed by atoms with Crippen LogP contribution in [0.2, 0.25) is 0 Å². The third kappa shape index (κ3) is 6.72. The molecule has 0 aliphatic heterocycles. The quantitative estimate of drug-likeness (QED) is 0.591. The molecule has 0 saturated carbocycles. The smallest absolute Gasteiger partial charge is 0.408 e. The maximum absolute atomic E-state index is 12.4. The average Bonchev–Trinajstić information content (AvgIpc) is 2.61. The van der Waals surface area contributed by atoms with Crippen molar-refractivity contribution in [3.63, 3.8) is 0 Å². The summed E-state index contributed by atoms with van der Waals surface area (Å²) < 4.78 is 9.70. The molecule has 0 radical (unpaired) electrons. The van der Waals surface area contributed by atoms with E-state index in [1.54, 1.807) is 26.0 Å². The Morgan fingerprint density at radius 1 is 1.04 bits per heavy atom. The fourth-order valence-corrected chi connectivity index (χ4v) is 2.16. The number of hydrogen-bond acceptors (Lipinski definition) is 6. The minimum atomic E-state index is -1.27. The molecule has 0 heterocycles. The molecule has 0 aliphatic carbocycles. The van der Waals surface area contributed by atoms with E-state index < -0.39 is 36.2 Å². The van der Waals surface area contributed by atoms with Gasteiger partial charge in [0.1, 0.15) is 18.7 Å². The zero-order valence-corrected chi connectivity index (χ0v) is 15.4. The van der Waals surface area contributed by atoms with Gasteiger partial charge in [0, 0.05) is 0 Å². The molecule has 8 heteroatoms. The van der Waals surface area contributed by atoms with Gasteiger partial charge in [-0.1, -0.05) is 44.2 Å². The number of aliphatic hydroxyl groups excluding tert-OH is 1. The second kappa shape index (κ2) is 10.4. The van der Waals surface area contributed by atoms with Crippen molar-refractivity contribution in [2.24, 2.45) is 5.92 Å². The van der Waals surface area contributed by atoms with Gasteiger partial charge in [0.25, 0.3) is 0 Å². The summed E-state index contributed by atoms with van der Waals surface area (Å²) in [6.45, 7) is 4.85. The summed E-state index contributed by atoms with van der Waals surface area (Å²) in [6.07, 6.45) is -2.04. The largest absolute Gasteiger partial charge is 0.467 e. The van der Waals surface area contributed by atoms with Gasteiger partial charge in [-0.2, -0.15) is 0 Å². The van der Waals surface area contributed by atoms with Crippen LogP contribution in [0.4, 0.5) is 4.79 Å². The second-order valence-electron chi connectivity index (χ2n) is 6.18. The number of alkyl carbamates (subject to hydrolysis) is 1. The molecule has 0 fully saturated rings. The Balaban J connectivity index is 2.67. The first-order chi connectivity index (χ1) is 12.3. The van der Waals surface area contributed by atoms with Crippen molar-refractivity contribution in [1.82, 2.24) is 10.6 Å². The number of benzene rings is 1. The summed E-state index contributed by atoms with van der Waals surface area (Å²) in [6, 6.07) is 6.86. The van der Waals surface area contributed by atoms with E-state index in [1.807, 2.05) is 18.2 Å². The summed E-state index contributed by atoms with van der Waals surface area (Å²) in [7, 11) is 1.22. The first-order valence-electron chi connectivity index (χ1n) is 8.29. The normalized spacial score (nSPS) is 14.1. The van der Waals surface area contributed by atoms with Crippen molar-refractivity contribution in [1.29, 1.82) is 0 Å². The van der Waals surface area contributed by atoms with E-state index >= 15 is 0 Å². The maximum Gasteiger partial charge on any atom is 0.408 e. The van der Waals surface area contributed by atoms with Gasteiger partial charge in [-0.05, 0) is 18.4 Å². The topological polar surface area (TPSA) is 114 Å². The molecule has 1 rings (SSSR count). The number of carbonyl (C=O) groups excluding carboxylic acids is 3. The van der Waals surface area contributed by atoms with E-state index in [-0.39, 0.29) is 12.5 Å². The standard InChI is InChI=1S/C18H26N2O6/c1-11(2)14(17(23)25-4)19-16(22)15(12(3)21)20-18(24)26-10-13-8-6-5-7-9-13/h5-9,11-12,14-15,21H,10H2,1-4H3,(H,19,22)(H,20,24)/t12-,14+,15-/m0/s1. The van der Waals surface area contributed by atoms with Crippen LogP contribution in [0.5, 0.6) is 0 Å². The van der Waals surface area contributed by atoms with Crippen molar-refractivity contribution in [2.45, 2.75) is 45.6 Å². The lowest BCUT2D eigenvalue weighted by Crippen LogP contribution is -2.57. The third-order valence-corrected chi connectivity index (χ3v) is 3.67. The molecule has 0 bridgehead atoms. The van der Waals surface area contributed by atoms with E-state index in [9.17, 15) is 19.5 Å². The zero-order valence-electron chi connectivity index (χ0n) is 15.4. The number of hydrogen-bond donors (Lipinski definition) is 3. The number of nitrogens with one attached hydrogen (secondary N) is 2. The van der Waals surface area contributed by atoms with Gasteiger partial charge in [-0.15, -0.1) is 0 Å². The van der Waals surface area contributed by atoms with E-state index in [4.69, 9.17) is 4.74 Å². The lowest BCUT2D eigenvalue weighted by Gasteiger charge is -2.25. The van der Waals surface area contributed by atoms with Crippen molar-refractivity contribution < 1.29 is 29.0 Å². The lowest BCUT2D eigenvalue weighted by atomic mass is 10.0. The van der Waals surface area contributed by atoms with E-state index in [1.165, 1.54) is 14.0 Å². The fraction of sp³-hybridized carbons (Fsp3) is 0.500. The van der Waals surface area contributed by atoms with E-state index in [2.05, 4.69) is 15.4 Å². The first kappa shape index (κ1) is 21.4. The molecule has 0 saturated heterocycles. The molecular formula is C18H26N2O6. The molecule has 2 amide bonds. The molecule has 3 N–H and O–H groups in total. The molecule has 26 heavy (non-hydrogen) atoms. The van der Waals surface area contributed by atoms with Crippen molar-refractivity contribution in [3.05, 3.63) is 35.9 Å². The average molecular weight is 366 g/mol. The van der Waals surface area contributed by atoms with Gasteiger partial charge in [0.2, 0.25) is 5.91 Å². The molecule has 1 aromatic rings. The Bertz CT molecular complexity index is 603. The zero-order chi connectivity index (χ0) is 19.7. The van der Waals surface area contributed by atoms with Crippen LogP contribution in [-0.2, 0) is 25.7 Å². The Labute approximate surface area is 152 Å². The molecule has 0 unspecified atom stereocenters. The Morgan fingerprint density at radius 3 is 2.15 bits per heavy atom. The minimum absolute atomic E-state index is 0.0254. The molecular weight excluding hydrogens is 340 g/mol. The van der Waals surface area contributed by atoms with Gasteiger partial charge in [-0.3, -0.25) is 4.79 Å². The molecule has 0 spiro atoms. The summed E-state index contributed by atoms with van der Waals surface area (Å²) in [5, 5.41) is 14.6. The number of amides is 2. The maximum atomic E-state index is 12.4. The minimum Gasteiger partial charge on any atom is -0.467 e. The number of carbonyl (C=O) groups is 3. The summed E-state index contributed by atoms with van der Waals surface area (Å²) in [4.78, 5) is 36.1. The first-order valence-corrected chi connectivity index (χ1v) is 8.29. The van der Waals surface area contributed by atoms with Crippen molar-refractivity contribution in [3.8, 4) is 0 Å². The van der Waals surface area contributed by atoms with Crippen LogP contribution >= 0.6 is 0 Å². The Morgan fingerprint density at radius 2 is 1.65 bits per heavy atom. The van der Waals surface area contributed by atoms with Gasteiger partial charge < -0.3 is 25.2 Å². The van der Waals surface area contributed by atoms with Crippen LogP contribution in [0.3, 0.4) is 0 Å². The van der Waals surface area contributed by atoms with Crippen LogP contribution in [0, 0.1) is 5.92 Å². The second-order valence-corrected chi connectivity index (χ2v) is 6.18. The van der Waals surface area contributed by atoms with Crippen LogP contribution in [0.25, 0.3) is 0 Å². The lowest BCUT2D eigenvalue weighted by molar-refractivity contribution is -0.147. The van der Waals surface area contributed by atoms with Gasteiger partial charge in [0.15, 0.2) is 0 Å². The molecule has 0 aromatic heterocycles. The van der Waals surface area contributed by atoms with Crippen LogP contribution in [0.1, 0.15) is 26.3 Å². The van der Waals surface area contributed by atoms with Gasteiger partial charge in [-0.25, -0.2) is 9.59 Å². The SMILES string of the molecule is COC(=O)[C@H](NC(=O)[C@@H](NC(=O)OCc1ccccc1)[C@H](C)O)C(C)C. The third-order valence-electron chi connectivity index (χ3n) is 3.67. The summed E-state index contributed by atoms with van der Waals surface area (Å²) in [5.41, 5.74) is 0.784. The highest BCUT2D eigenvalue weighted by atomic mass is 16.5. The Hall–Kier alpha value is -2.61. The van der Waals surface area contributed by atoms with Gasteiger partial charge in [0.05, 0.1) is 13.2 Å². The number of esters is 1. The summed E-state index contributed by atoms with van der Waals surface area (Å²) >= 11 is 0. The number of aliphatic hydroxyl groups is 1. The van der Waals surface area contributed by atoms with E-state index in [0.717, 1.165) is 5.56 Å². The fourth-order valence-electron chi connectivity index (χ4n) is 2.16. The molecule has 144 valence electrons. The number of methoxy groups -OCH3 is 1. The highest BCUT2D eigenvalue weighted by Crippen LogP contribution is 2.06. The van der Waals surface area contributed by atoms with Gasteiger partial charge >= 0.3 is 12.1 Å². The Kier molecular flexibility index (Phi) is 8.57. The molecule has 1 aromatic carbocycles. The van der Waals surface area contributed by atoms with Crippen LogP contribution in [0.15, 0.2) is 30.3 Å². The highest BCUT2D eigenvalue weighted by Gasteiger charge is 2.31. The monoisotopic (exact) mass is 366 g/mol. The van der Waals surface area contributed by atoms with Crippen LogP contribution < -0.4 is 10.6 Å². The van der Waals surface area contributed by atoms with Crippen molar-refractivity contribution in [2.75, 3.05) is 7.11 Å². The molecule has 3 atom stereocenters.